The van der Waals surface area contributed by atoms with Gasteiger partial charge in [0.15, 0.2) is 0 Å². The molecule has 0 atom stereocenters. The summed E-state index contributed by atoms with van der Waals surface area (Å²) in [6.45, 7) is 11.9. The van der Waals surface area contributed by atoms with Gasteiger partial charge in [0.25, 0.3) is 10.1 Å². The van der Waals surface area contributed by atoms with Gasteiger partial charge in [0, 0.05) is 7.14 Å². The molecule has 172 valence electrons. The molecule has 31 heavy (non-hydrogen) atoms. The van der Waals surface area contributed by atoms with Gasteiger partial charge in [0.2, 0.25) is 0 Å². The van der Waals surface area contributed by atoms with Crippen molar-refractivity contribution in [2.24, 2.45) is 0 Å². The molecule has 2 aromatic carbocycles. The average Bonchev–Trinajstić information content (AvgIpc) is 2.57. The number of hydrogen-bond acceptors (Lipinski definition) is 5. The normalized spacial score (nSPS) is 12.8. The van der Waals surface area contributed by atoms with Crippen molar-refractivity contribution in [1.29, 1.82) is 0 Å². The van der Waals surface area contributed by atoms with Gasteiger partial charge in [-0.1, -0.05) is 53.7 Å². The molecule has 0 fully saturated rings. The quantitative estimate of drug-likeness (QED) is 0.209. The molecule has 2 aromatic rings. The zero-order valence-electron chi connectivity index (χ0n) is 18.1. The van der Waals surface area contributed by atoms with Crippen molar-refractivity contribution in [3.8, 4) is 5.75 Å². The molecule has 0 aliphatic rings. The van der Waals surface area contributed by atoms with Gasteiger partial charge in [-0.05, 0) is 91.8 Å². The second-order valence-corrected chi connectivity index (χ2v) is 13.4. The van der Waals surface area contributed by atoms with Gasteiger partial charge in [-0.15, -0.1) is 0 Å². The van der Waals surface area contributed by atoms with Gasteiger partial charge >= 0.3 is 10.1 Å². The summed E-state index contributed by atoms with van der Waals surface area (Å²) in [7, 11) is -8.65. The van der Waals surface area contributed by atoms with E-state index < -0.39 is 20.2 Å². The van der Waals surface area contributed by atoms with E-state index in [9.17, 15) is 21.4 Å². The maximum Gasteiger partial charge on any atom is 0.339 e. The zero-order chi connectivity index (χ0) is 23.9. The molecule has 0 aromatic heterocycles. The van der Waals surface area contributed by atoms with Crippen LogP contribution in [0.1, 0.15) is 76.0 Å². The molecule has 0 radical (unpaired) electrons. The van der Waals surface area contributed by atoms with E-state index in [4.69, 9.17) is 4.18 Å². The average molecular weight is 692 g/mol. The van der Waals surface area contributed by atoms with E-state index in [1.165, 1.54) is 12.1 Å². The Bertz CT molecular complexity index is 1150. The summed E-state index contributed by atoms with van der Waals surface area (Å²) in [4.78, 5) is -0.115. The number of hydrogen-bond donors (Lipinski definition) is 1. The molecular weight excluding hydrogens is 666 g/mol. The van der Waals surface area contributed by atoms with Gasteiger partial charge in [0.05, 0.1) is 0 Å². The van der Waals surface area contributed by atoms with Gasteiger partial charge in [-0.2, -0.15) is 16.8 Å². The highest BCUT2D eigenvalue weighted by Gasteiger charge is 2.29. The first-order chi connectivity index (χ1) is 14.1. The first kappa shape index (κ1) is 26.8. The molecule has 0 saturated heterocycles. The number of rotatable bonds is 7. The Hall–Kier alpha value is -0.440. The summed E-state index contributed by atoms with van der Waals surface area (Å²) >= 11 is 3.46. The first-order valence-electron chi connectivity index (χ1n) is 9.65. The molecule has 10 heteroatoms. The van der Waals surface area contributed by atoms with E-state index in [0.29, 0.717) is 11.1 Å². The molecule has 0 saturated carbocycles. The van der Waals surface area contributed by atoms with E-state index in [1.54, 1.807) is 45.2 Å². The Morgan fingerprint density at radius 1 is 0.742 bits per heavy atom. The van der Waals surface area contributed by atoms with Gasteiger partial charge in [-0.25, -0.2) is 0 Å². The van der Waals surface area contributed by atoms with Gasteiger partial charge in [0.1, 0.15) is 15.5 Å². The van der Waals surface area contributed by atoms with Gasteiger partial charge < -0.3 is 4.18 Å². The van der Waals surface area contributed by atoms with E-state index in [2.05, 4.69) is 13.8 Å². The van der Waals surface area contributed by atoms with Crippen LogP contribution in [-0.2, 0) is 20.2 Å². The molecule has 0 aliphatic heterocycles. The highest BCUT2D eigenvalue weighted by molar-refractivity contribution is 14.1. The molecule has 0 bridgehead atoms. The van der Waals surface area contributed by atoms with Crippen LogP contribution in [0.3, 0.4) is 0 Å². The largest absolute Gasteiger partial charge is 0.379 e. The predicted molar refractivity (Wildman–Crippen MR) is 138 cm³/mol. The molecule has 2 rings (SSSR count). The third kappa shape index (κ3) is 6.12. The SMILES string of the molecule is CC(C)c1cc(C(C)C)c(S(=O)(=O)Oc2cc(I)c(S(=O)(=O)O)c(I)c2)c(C(C)C)c1. The van der Waals surface area contributed by atoms with Crippen molar-refractivity contribution in [3.63, 3.8) is 0 Å². The monoisotopic (exact) mass is 692 g/mol. The topological polar surface area (TPSA) is 97.7 Å². The number of benzene rings is 2. The van der Waals surface area contributed by atoms with Crippen molar-refractivity contribution < 1.29 is 25.6 Å². The van der Waals surface area contributed by atoms with Crippen LogP contribution in [0.5, 0.6) is 5.75 Å². The summed E-state index contributed by atoms with van der Waals surface area (Å²) in [5.41, 5.74) is 2.44. The summed E-state index contributed by atoms with van der Waals surface area (Å²) < 4.78 is 65.3. The summed E-state index contributed by atoms with van der Waals surface area (Å²) in [6.07, 6.45) is 0. The highest BCUT2D eigenvalue weighted by Crippen LogP contribution is 2.37. The molecule has 0 spiro atoms. The Balaban J connectivity index is 2.71. The molecule has 0 heterocycles. The van der Waals surface area contributed by atoms with Crippen molar-refractivity contribution in [2.45, 2.75) is 69.1 Å². The minimum Gasteiger partial charge on any atom is -0.379 e. The van der Waals surface area contributed by atoms with E-state index in [1.807, 2.05) is 39.8 Å². The Kier molecular flexibility index (Phi) is 8.49. The van der Waals surface area contributed by atoms with E-state index >= 15 is 0 Å². The highest BCUT2D eigenvalue weighted by atomic mass is 127. The molecule has 0 unspecified atom stereocenters. The van der Waals surface area contributed by atoms with Crippen molar-refractivity contribution in [2.75, 3.05) is 0 Å². The van der Waals surface area contributed by atoms with Gasteiger partial charge in [-0.3, -0.25) is 4.55 Å². The molecular formula is C21H26I2O6S2. The van der Waals surface area contributed by atoms with Crippen molar-refractivity contribution in [1.82, 2.24) is 0 Å². The molecule has 0 aliphatic carbocycles. The minimum atomic E-state index is -4.45. The lowest BCUT2D eigenvalue weighted by Gasteiger charge is -2.22. The van der Waals surface area contributed by atoms with Crippen LogP contribution in [-0.4, -0.2) is 21.4 Å². The lowest BCUT2D eigenvalue weighted by molar-refractivity contribution is 0.479. The van der Waals surface area contributed by atoms with Crippen molar-refractivity contribution >= 4 is 65.4 Å². The lowest BCUT2D eigenvalue weighted by atomic mass is 9.89. The van der Waals surface area contributed by atoms with Crippen LogP contribution in [0.2, 0.25) is 0 Å². The van der Waals surface area contributed by atoms with Crippen LogP contribution < -0.4 is 4.18 Å². The lowest BCUT2D eigenvalue weighted by Crippen LogP contribution is -2.17. The fourth-order valence-corrected chi connectivity index (χ4v) is 8.77. The summed E-state index contributed by atoms with van der Waals surface area (Å²) in [5, 5.41) is 0. The Morgan fingerprint density at radius 3 is 1.48 bits per heavy atom. The third-order valence-corrected chi connectivity index (χ3v) is 9.54. The molecule has 0 amide bonds. The standard InChI is InChI=1S/C21H26I2O6S2/c1-11(2)14-7-16(12(3)4)20(17(8-14)13(5)6)31(27,28)29-15-9-18(22)21(19(23)10-15)30(24,25)26/h7-13H,1-6H3,(H,24,25,26). The van der Waals surface area contributed by atoms with Crippen molar-refractivity contribution in [3.05, 3.63) is 48.1 Å². The second kappa shape index (κ2) is 9.82. The summed E-state index contributed by atoms with van der Waals surface area (Å²) in [6, 6.07) is 6.42. The number of halogens is 2. The first-order valence-corrected chi connectivity index (χ1v) is 14.7. The van der Waals surface area contributed by atoms with Crippen LogP contribution >= 0.6 is 45.2 Å². The Labute approximate surface area is 212 Å². The van der Waals surface area contributed by atoms with Crippen LogP contribution in [0.25, 0.3) is 0 Å². The molecule has 1 N–H and O–H groups in total. The van der Waals surface area contributed by atoms with Crippen LogP contribution in [0, 0.1) is 7.14 Å². The Morgan fingerprint density at radius 2 is 1.16 bits per heavy atom. The summed E-state index contributed by atoms with van der Waals surface area (Å²) in [5.74, 6) is 0.126. The van der Waals surface area contributed by atoms with E-state index in [0.717, 1.165) is 5.56 Å². The zero-order valence-corrected chi connectivity index (χ0v) is 24.1. The van der Waals surface area contributed by atoms with E-state index in [-0.39, 0.29) is 40.4 Å². The van der Waals surface area contributed by atoms with Crippen LogP contribution in [0.15, 0.2) is 34.1 Å². The fraction of sp³-hybridized carbons (Fsp3) is 0.429. The smallest absolute Gasteiger partial charge is 0.339 e. The minimum absolute atomic E-state index is 0.0152. The molecule has 6 nitrogen and oxygen atoms in total. The fourth-order valence-electron chi connectivity index (χ4n) is 3.18. The second-order valence-electron chi connectivity index (χ2n) is 8.22. The maximum absolute atomic E-state index is 13.4. The third-order valence-electron chi connectivity index (χ3n) is 4.77. The van der Waals surface area contributed by atoms with Crippen LogP contribution in [0.4, 0.5) is 0 Å². The predicted octanol–water partition coefficient (Wildman–Crippen LogP) is 6.28. The maximum atomic E-state index is 13.4.